The van der Waals surface area contributed by atoms with Gasteiger partial charge in [-0.05, 0) is 36.9 Å². The van der Waals surface area contributed by atoms with Crippen LogP contribution in [0.4, 0.5) is 5.69 Å². The molecule has 4 aliphatic rings. The maximum Gasteiger partial charge on any atom is 0.162 e. The summed E-state index contributed by atoms with van der Waals surface area (Å²) in [6.45, 7) is 6.50. The van der Waals surface area contributed by atoms with Gasteiger partial charge in [-0.2, -0.15) is 0 Å². The highest BCUT2D eigenvalue weighted by atomic mass is 16.5. The number of hydrogen-bond donors (Lipinski definition) is 0. The third kappa shape index (κ3) is 2.35. The van der Waals surface area contributed by atoms with Gasteiger partial charge in [0, 0.05) is 62.3 Å². The van der Waals surface area contributed by atoms with Crippen molar-refractivity contribution in [1.29, 1.82) is 0 Å². The number of rotatable bonds is 6. The third-order valence-electron chi connectivity index (χ3n) is 8.47. The highest BCUT2D eigenvalue weighted by molar-refractivity contribution is 5.71. The lowest BCUT2D eigenvalue weighted by molar-refractivity contribution is -0.112. The predicted molar refractivity (Wildman–Crippen MR) is 116 cm³/mol. The number of carbonyl (C=O) groups is 1. The molecule has 1 aromatic carbocycles. The van der Waals surface area contributed by atoms with Crippen molar-refractivity contribution in [2.45, 2.75) is 42.9 Å². The van der Waals surface area contributed by atoms with Crippen LogP contribution < -0.4 is 14.4 Å². The number of anilines is 1. The zero-order valence-corrected chi connectivity index (χ0v) is 18.4. The Kier molecular flexibility index (Phi) is 4.63. The number of methoxy groups -OCH3 is 3. The van der Waals surface area contributed by atoms with E-state index in [-0.39, 0.29) is 23.5 Å². The van der Waals surface area contributed by atoms with Crippen LogP contribution in [0.15, 0.2) is 24.3 Å². The number of piperidine rings is 1. The van der Waals surface area contributed by atoms with Gasteiger partial charge in [0.25, 0.3) is 0 Å². The number of hydrogen-bond acceptors (Lipinski definition) is 6. The number of nitrogens with zero attached hydrogens (tertiary/aromatic N) is 2. The van der Waals surface area contributed by atoms with Gasteiger partial charge in [0.05, 0.1) is 20.3 Å². The highest BCUT2D eigenvalue weighted by Crippen LogP contribution is 2.64. The quantitative estimate of drug-likeness (QED) is 0.529. The molecule has 0 N–H and O–H groups in total. The van der Waals surface area contributed by atoms with Gasteiger partial charge in [-0.1, -0.05) is 12.2 Å². The van der Waals surface area contributed by atoms with Crippen molar-refractivity contribution < 1.29 is 19.0 Å². The second-order valence-electron chi connectivity index (χ2n) is 9.31. The standard InChI is InChI=1S/C24H32N2O4/c1-14-13-26-8-7-24-16-11-19(29-4)20(30-5)12-17(16)25(2)23(24)22(15(14)10-21(24)26)18(28-3)6-9-27/h9,11-12,15,18,21-23H,1,6-8,10,13H2,2-5H3/t15?,18-,21?,22-,23?,24+/m0/s1. The molecule has 6 atom stereocenters. The number of aldehydes is 1. The van der Waals surface area contributed by atoms with Crippen LogP contribution in [0, 0.1) is 11.8 Å². The largest absolute Gasteiger partial charge is 0.493 e. The van der Waals surface area contributed by atoms with Crippen LogP contribution in [0.2, 0.25) is 0 Å². The summed E-state index contributed by atoms with van der Waals surface area (Å²) in [5.41, 5.74) is 3.87. The summed E-state index contributed by atoms with van der Waals surface area (Å²) in [6, 6.07) is 5.06. The molecule has 6 nitrogen and oxygen atoms in total. The third-order valence-corrected chi connectivity index (χ3v) is 8.47. The SMILES string of the molecule is C=C1CN2CC[C@]34c5cc(OC)c(OC)cc5N(C)C3[C@H]([C@H](CC=O)OC)C1CC24. The van der Waals surface area contributed by atoms with Gasteiger partial charge < -0.3 is 23.9 Å². The van der Waals surface area contributed by atoms with Gasteiger partial charge in [0.15, 0.2) is 11.5 Å². The molecule has 3 aliphatic heterocycles. The minimum absolute atomic E-state index is 0.00512. The first-order chi connectivity index (χ1) is 14.5. The van der Waals surface area contributed by atoms with Gasteiger partial charge in [0.1, 0.15) is 6.29 Å². The van der Waals surface area contributed by atoms with Crippen molar-refractivity contribution in [3.05, 3.63) is 29.8 Å². The van der Waals surface area contributed by atoms with E-state index in [0.29, 0.717) is 18.4 Å². The van der Waals surface area contributed by atoms with Gasteiger partial charge in [-0.25, -0.2) is 0 Å². The van der Waals surface area contributed by atoms with E-state index < -0.39 is 0 Å². The Labute approximate surface area is 178 Å². The fraction of sp³-hybridized carbons (Fsp3) is 0.625. The predicted octanol–water partition coefficient (Wildman–Crippen LogP) is 2.64. The smallest absolute Gasteiger partial charge is 0.162 e. The van der Waals surface area contributed by atoms with Gasteiger partial charge in [-0.3, -0.25) is 4.90 Å². The monoisotopic (exact) mass is 412 g/mol. The zero-order chi connectivity index (χ0) is 21.2. The maximum atomic E-state index is 11.5. The first-order valence-corrected chi connectivity index (χ1v) is 10.9. The van der Waals surface area contributed by atoms with Crippen LogP contribution in [-0.4, -0.2) is 70.8 Å². The number of fused-ring (bicyclic) bond motifs is 2. The van der Waals surface area contributed by atoms with E-state index in [4.69, 9.17) is 14.2 Å². The van der Waals surface area contributed by atoms with Crippen LogP contribution >= 0.6 is 0 Å². The van der Waals surface area contributed by atoms with Crippen molar-refractivity contribution in [2.24, 2.45) is 11.8 Å². The van der Waals surface area contributed by atoms with E-state index in [1.165, 1.54) is 16.8 Å². The van der Waals surface area contributed by atoms with Crippen molar-refractivity contribution in [1.82, 2.24) is 4.90 Å². The van der Waals surface area contributed by atoms with E-state index in [0.717, 1.165) is 43.7 Å². The van der Waals surface area contributed by atoms with Gasteiger partial charge in [-0.15, -0.1) is 0 Å². The molecule has 0 amide bonds. The summed E-state index contributed by atoms with van der Waals surface area (Å²) in [5.74, 6) is 2.13. The molecule has 1 spiro atoms. The second-order valence-corrected chi connectivity index (χ2v) is 9.31. The number of benzene rings is 1. The first-order valence-electron chi connectivity index (χ1n) is 10.9. The topological polar surface area (TPSA) is 51.2 Å². The van der Waals surface area contributed by atoms with Gasteiger partial charge in [0.2, 0.25) is 0 Å². The lowest BCUT2D eigenvalue weighted by Gasteiger charge is -2.57. The lowest BCUT2D eigenvalue weighted by Crippen LogP contribution is -2.65. The Morgan fingerprint density at radius 2 is 2.00 bits per heavy atom. The Morgan fingerprint density at radius 3 is 2.67 bits per heavy atom. The molecule has 3 unspecified atom stereocenters. The number of ether oxygens (including phenoxy) is 3. The summed E-state index contributed by atoms with van der Waals surface area (Å²) in [4.78, 5) is 16.6. The minimum atomic E-state index is -0.111. The summed E-state index contributed by atoms with van der Waals surface area (Å²) in [7, 11) is 7.33. The van der Waals surface area contributed by atoms with Crippen LogP contribution in [0.3, 0.4) is 0 Å². The highest BCUT2D eigenvalue weighted by Gasteiger charge is 2.67. The molecule has 0 aromatic heterocycles. The van der Waals surface area contributed by atoms with Crippen LogP contribution in [0.25, 0.3) is 0 Å². The summed E-state index contributed by atoms with van der Waals surface area (Å²) in [5, 5.41) is 0. The van der Waals surface area contributed by atoms with Crippen molar-refractivity contribution in [3.63, 3.8) is 0 Å². The fourth-order valence-corrected chi connectivity index (χ4v) is 7.38. The Morgan fingerprint density at radius 1 is 1.27 bits per heavy atom. The molecule has 1 aromatic rings. The van der Waals surface area contributed by atoms with Crippen molar-refractivity contribution in [3.8, 4) is 11.5 Å². The zero-order valence-electron chi connectivity index (χ0n) is 18.4. The molecule has 3 fully saturated rings. The van der Waals surface area contributed by atoms with Crippen LogP contribution in [-0.2, 0) is 14.9 Å². The van der Waals surface area contributed by atoms with Crippen LogP contribution in [0.5, 0.6) is 11.5 Å². The average Bonchev–Trinajstić information content (AvgIpc) is 3.26. The molecule has 3 heterocycles. The Bertz CT molecular complexity index is 886. The molecular formula is C24H32N2O4. The minimum Gasteiger partial charge on any atom is -0.493 e. The van der Waals surface area contributed by atoms with E-state index in [1.54, 1.807) is 21.3 Å². The average molecular weight is 413 g/mol. The summed E-state index contributed by atoms with van der Waals surface area (Å²) in [6.07, 6.45) is 3.50. The van der Waals surface area contributed by atoms with E-state index >= 15 is 0 Å². The molecule has 30 heavy (non-hydrogen) atoms. The molecule has 1 saturated carbocycles. The molecule has 0 radical (unpaired) electrons. The number of carbonyl (C=O) groups excluding carboxylic acids is 1. The summed E-state index contributed by atoms with van der Waals surface area (Å²) >= 11 is 0. The first kappa shape index (κ1) is 19.9. The molecule has 2 saturated heterocycles. The van der Waals surface area contributed by atoms with E-state index in [1.807, 2.05) is 0 Å². The summed E-state index contributed by atoms with van der Waals surface area (Å²) < 4.78 is 17.3. The second kappa shape index (κ2) is 6.99. The van der Waals surface area contributed by atoms with Crippen LogP contribution in [0.1, 0.15) is 24.8 Å². The van der Waals surface area contributed by atoms with E-state index in [9.17, 15) is 4.79 Å². The number of likely N-dealkylation sites (N-methyl/N-ethyl adjacent to an activating group) is 1. The molecular weight excluding hydrogens is 380 g/mol. The van der Waals surface area contributed by atoms with E-state index in [2.05, 4.69) is 35.6 Å². The fourth-order valence-electron chi connectivity index (χ4n) is 7.38. The molecule has 2 bridgehead atoms. The molecule has 5 rings (SSSR count). The maximum absolute atomic E-state index is 11.5. The Hall–Kier alpha value is -2.05. The molecule has 1 aliphatic carbocycles. The van der Waals surface area contributed by atoms with Crippen molar-refractivity contribution >= 4 is 12.0 Å². The Balaban J connectivity index is 1.72. The lowest BCUT2D eigenvalue weighted by atomic mass is 9.54. The molecule has 162 valence electrons. The van der Waals surface area contributed by atoms with Gasteiger partial charge >= 0.3 is 0 Å². The van der Waals surface area contributed by atoms with Crippen molar-refractivity contribution in [2.75, 3.05) is 46.4 Å². The molecule has 6 heteroatoms. The normalized spacial score (nSPS) is 35.1.